The van der Waals surface area contributed by atoms with Crippen LogP contribution in [0.2, 0.25) is 5.15 Å². The highest BCUT2D eigenvalue weighted by Gasteiger charge is 2.13. The van der Waals surface area contributed by atoms with Gasteiger partial charge in [-0.1, -0.05) is 31.5 Å². The lowest BCUT2D eigenvalue weighted by Gasteiger charge is -2.09. The van der Waals surface area contributed by atoms with E-state index in [1.807, 2.05) is 18.2 Å². The Kier molecular flexibility index (Phi) is 4.50. The van der Waals surface area contributed by atoms with Crippen molar-refractivity contribution in [3.63, 3.8) is 0 Å². The van der Waals surface area contributed by atoms with Gasteiger partial charge in [0.25, 0.3) is 0 Å². The van der Waals surface area contributed by atoms with Gasteiger partial charge < -0.3 is 0 Å². The summed E-state index contributed by atoms with van der Waals surface area (Å²) in [5.41, 5.74) is 1.74. The molecule has 0 N–H and O–H groups in total. The van der Waals surface area contributed by atoms with E-state index in [9.17, 15) is 0 Å². The van der Waals surface area contributed by atoms with Crippen LogP contribution < -0.4 is 0 Å². The zero-order valence-electron chi connectivity index (χ0n) is 10.2. The van der Waals surface area contributed by atoms with Crippen LogP contribution in [0.5, 0.6) is 0 Å². The molecule has 0 fully saturated rings. The first-order valence-electron chi connectivity index (χ1n) is 5.71. The summed E-state index contributed by atoms with van der Waals surface area (Å²) < 4.78 is 0.933. The van der Waals surface area contributed by atoms with Gasteiger partial charge in [-0.3, -0.25) is 4.98 Å². The molecule has 2 heterocycles. The number of rotatable bonds is 3. The molecule has 0 aliphatic heterocycles. The molecule has 3 nitrogen and oxygen atoms in total. The summed E-state index contributed by atoms with van der Waals surface area (Å²) in [6.45, 7) is 4.32. The molecule has 2 aromatic heterocycles. The summed E-state index contributed by atoms with van der Waals surface area (Å²) >= 11 is 8.36. The first-order chi connectivity index (χ1) is 8.58. The van der Waals surface area contributed by atoms with E-state index < -0.39 is 0 Å². The lowest BCUT2D eigenvalue weighted by molar-refractivity contribution is 0.632. The van der Waals surface area contributed by atoms with Crippen LogP contribution in [0.15, 0.2) is 24.4 Å². The molecule has 0 atom stereocenters. The van der Waals surface area contributed by atoms with Crippen molar-refractivity contribution in [2.24, 2.45) is 5.92 Å². The van der Waals surface area contributed by atoms with Crippen LogP contribution in [0.1, 0.15) is 19.5 Å². The third-order valence-electron chi connectivity index (χ3n) is 2.37. The van der Waals surface area contributed by atoms with E-state index in [4.69, 9.17) is 11.6 Å². The summed E-state index contributed by atoms with van der Waals surface area (Å²) in [6, 6.07) is 5.67. The molecule has 0 saturated carbocycles. The Morgan fingerprint density at radius 2 is 2.06 bits per heavy atom. The molecule has 2 rings (SSSR count). The van der Waals surface area contributed by atoms with Gasteiger partial charge in [-0.15, -0.1) is 0 Å². The van der Waals surface area contributed by atoms with Gasteiger partial charge in [-0.05, 0) is 47.1 Å². The molecule has 0 radical (unpaired) electrons. The van der Waals surface area contributed by atoms with Crippen molar-refractivity contribution < 1.29 is 0 Å². The smallest absolute Gasteiger partial charge is 0.179 e. The predicted molar refractivity (Wildman–Crippen MR) is 81.5 cm³/mol. The van der Waals surface area contributed by atoms with Gasteiger partial charge in [0.1, 0.15) is 10.8 Å². The SMILES string of the molecule is CC(C)Cc1nc(-c2ccccn2)nc(Cl)c1I. The number of hydrogen-bond donors (Lipinski definition) is 0. The van der Waals surface area contributed by atoms with Crippen LogP contribution in [-0.2, 0) is 6.42 Å². The Morgan fingerprint density at radius 3 is 2.67 bits per heavy atom. The van der Waals surface area contributed by atoms with Gasteiger partial charge in [0, 0.05) is 6.20 Å². The maximum atomic E-state index is 6.17. The minimum Gasteiger partial charge on any atom is -0.253 e. The Morgan fingerprint density at radius 1 is 1.28 bits per heavy atom. The van der Waals surface area contributed by atoms with Crippen molar-refractivity contribution in [2.45, 2.75) is 20.3 Å². The van der Waals surface area contributed by atoms with Gasteiger partial charge in [0.2, 0.25) is 0 Å². The summed E-state index contributed by atoms with van der Waals surface area (Å²) in [5, 5.41) is 0.502. The quantitative estimate of drug-likeness (QED) is 0.603. The lowest BCUT2D eigenvalue weighted by atomic mass is 10.1. The second-order valence-corrected chi connectivity index (χ2v) is 5.85. The van der Waals surface area contributed by atoms with Crippen molar-refractivity contribution >= 4 is 34.2 Å². The molecule has 2 aromatic rings. The van der Waals surface area contributed by atoms with E-state index in [0.717, 1.165) is 21.4 Å². The fraction of sp³-hybridized carbons (Fsp3) is 0.308. The van der Waals surface area contributed by atoms with E-state index in [-0.39, 0.29) is 0 Å². The molecule has 0 amide bonds. The average Bonchev–Trinajstić information content (AvgIpc) is 2.35. The van der Waals surface area contributed by atoms with E-state index >= 15 is 0 Å². The summed E-state index contributed by atoms with van der Waals surface area (Å²) in [5.74, 6) is 1.12. The molecule has 94 valence electrons. The van der Waals surface area contributed by atoms with Crippen LogP contribution in [0.4, 0.5) is 0 Å². The molecule has 0 unspecified atom stereocenters. The first-order valence-corrected chi connectivity index (χ1v) is 7.17. The Bertz CT molecular complexity index is 543. The van der Waals surface area contributed by atoms with Crippen molar-refractivity contribution in [3.05, 3.63) is 38.8 Å². The average molecular weight is 374 g/mol. The monoisotopic (exact) mass is 373 g/mol. The van der Waals surface area contributed by atoms with Gasteiger partial charge in [0.05, 0.1) is 9.26 Å². The maximum absolute atomic E-state index is 6.17. The lowest BCUT2D eigenvalue weighted by Crippen LogP contribution is -2.05. The van der Waals surface area contributed by atoms with Gasteiger partial charge in [-0.25, -0.2) is 9.97 Å². The minimum absolute atomic E-state index is 0.502. The fourth-order valence-electron chi connectivity index (χ4n) is 1.59. The Hall–Kier alpha value is -0.750. The van der Waals surface area contributed by atoms with Crippen molar-refractivity contribution in [3.8, 4) is 11.5 Å². The molecular weight excluding hydrogens is 361 g/mol. The van der Waals surface area contributed by atoms with Crippen LogP contribution in [0, 0.1) is 9.49 Å². The summed E-state index contributed by atoms with van der Waals surface area (Å²) in [4.78, 5) is 13.1. The maximum Gasteiger partial charge on any atom is 0.179 e. The van der Waals surface area contributed by atoms with Crippen molar-refractivity contribution in [2.75, 3.05) is 0 Å². The number of halogens is 2. The number of nitrogens with zero attached hydrogens (tertiary/aromatic N) is 3. The zero-order chi connectivity index (χ0) is 13.1. The van der Waals surface area contributed by atoms with Crippen molar-refractivity contribution in [1.82, 2.24) is 15.0 Å². The normalized spacial score (nSPS) is 10.9. The molecular formula is C13H13ClIN3. The molecule has 0 saturated heterocycles. The highest BCUT2D eigenvalue weighted by Crippen LogP contribution is 2.24. The topological polar surface area (TPSA) is 38.7 Å². The highest BCUT2D eigenvalue weighted by atomic mass is 127. The van der Waals surface area contributed by atoms with Gasteiger partial charge in [0.15, 0.2) is 5.82 Å². The molecule has 0 aromatic carbocycles. The van der Waals surface area contributed by atoms with Crippen LogP contribution in [-0.4, -0.2) is 15.0 Å². The van der Waals surface area contributed by atoms with Crippen LogP contribution >= 0.6 is 34.2 Å². The molecule has 0 bridgehead atoms. The molecule has 0 aliphatic carbocycles. The molecule has 0 aliphatic rings. The summed E-state index contributed by atoms with van der Waals surface area (Å²) in [7, 11) is 0. The summed E-state index contributed by atoms with van der Waals surface area (Å²) in [6.07, 6.45) is 2.62. The Labute approximate surface area is 125 Å². The first kappa shape index (κ1) is 13.7. The van der Waals surface area contributed by atoms with Crippen LogP contribution in [0.3, 0.4) is 0 Å². The minimum atomic E-state index is 0.502. The Balaban J connectivity index is 2.47. The predicted octanol–water partition coefficient (Wildman–Crippen LogP) is 4.00. The van der Waals surface area contributed by atoms with E-state index in [0.29, 0.717) is 16.9 Å². The van der Waals surface area contributed by atoms with E-state index in [2.05, 4.69) is 51.4 Å². The van der Waals surface area contributed by atoms with E-state index in [1.54, 1.807) is 6.20 Å². The number of hydrogen-bond acceptors (Lipinski definition) is 3. The fourth-order valence-corrected chi connectivity index (χ4v) is 2.25. The molecule has 18 heavy (non-hydrogen) atoms. The number of pyridine rings is 1. The molecule has 5 heteroatoms. The zero-order valence-corrected chi connectivity index (χ0v) is 13.1. The largest absolute Gasteiger partial charge is 0.253 e. The number of aromatic nitrogens is 3. The van der Waals surface area contributed by atoms with E-state index in [1.165, 1.54) is 0 Å². The molecule has 0 spiro atoms. The van der Waals surface area contributed by atoms with Crippen molar-refractivity contribution in [1.29, 1.82) is 0 Å². The second-order valence-electron chi connectivity index (χ2n) is 4.41. The standard InChI is InChI=1S/C13H13ClIN3/c1-8(2)7-10-11(15)12(14)18-13(17-10)9-5-3-4-6-16-9/h3-6,8H,7H2,1-2H3. The van der Waals surface area contributed by atoms with Gasteiger partial charge >= 0.3 is 0 Å². The highest BCUT2D eigenvalue weighted by molar-refractivity contribution is 14.1. The third-order valence-corrected chi connectivity index (χ3v) is 4.10. The third kappa shape index (κ3) is 3.17. The van der Waals surface area contributed by atoms with Crippen LogP contribution in [0.25, 0.3) is 11.5 Å². The van der Waals surface area contributed by atoms with Gasteiger partial charge in [-0.2, -0.15) is 0 Å². The second kappa shape index (κ2) is 5.93.